The molecule has 49 heavy (non-hydrogen) atoms. The summed E-state index contributed by atoms with van der Waals surface area (Å²) < 4.78 is 13.2. The number of hydrogen-bond donors (Lipinski definition) is 2. The second-order valence-corrected chi connectivity index (χ2v) is 12.7. The molecule has 0 spiro atoms. The zero-order valence-electron chi connectivity index (χ0n) is 27.3. The summed E-state index contributed by atoms with van der Waals surface area (Å²) >= 11 is 0. The minimum absolute atomic E-state index is 0.0537. The molecule has 0 saturated carbocycles. The molecular weight excluding hydrogens is 635 g/mol. The van der Waals surface area contributed by atoms with Gasteiger partial charge in [0.2, 0.25) is 23.6 Å². The molecule has 6 rings (SSSR count). The summed E-state index contributed by atoms with van der Waals surface area (Å²) in [4.78, 5) is 98.0. The minimum atomic E-state index is -1.02. The molecule has 2 N–H and O–H groups in total. The Morgan fingerprint density at radius 3 is 1.55 bits per heavy atom. The van der Waals surface area contributed by atoms with E-state index in [9.17, 15) is 42.7 Å². The third-order valence-electron chi connectivity index (χ3n) is 9.22. The van der Waals surface area contributed by atoms with Gasteiger partial charge >= 0.3 is 0 Å². The Morgan fingerprint density at radius 2 is 1.04 bits per heavy atom. The van der Waals surface area contributed by atoms with Crippen molar-refractivity contribution in [1.82, 2.24) is 20.4 Å². The van der Waals surface area contributed by atoms with Gasteiger partial charge in [-0.25, -0.2) is 4.39 Å². The van der Waals surface area contributed by atoms with Gasteiger partial charge in [0.05, 0.1) is 22.3 Å². The Labute approximate surface area is 282 Å². The summed E-state index contributed by atoms with van der Waals surface area (Å²) in [6, 6.07) is 6.74. The van der Waals surface area contributed by atoms with E-state index in [4.69, 9.17) is 0 Å². The van der Waals surface area contributed by atoms with Crippen LogP contribution >= 0.6 is 0 Å². The van der Waals surface area contributed by atoms with Crippen LogP contribution in [0.2, 0.25) is 0 Å². The fourth-order valence-corrected chi connectivity index (χ4v) is 6.58. The number of rotatable bonds is 11. The number of imide groups is 4. The first kappa shape index (κ1) is 35.2. The summed E-state index contributed by atoms with van der Waals surface area (Å²) in [7, 11) is 0. The Hall–Kier alpha value is -5.07. The van der Waals surface area contributed by atoms with Crippen LogP contribution in [-0.4, -0.2) is 69.1 Å². The number of nitrogens with one attached hydrogen (secondary N) is 2. The number of carbonyl (C=O) groups is 8. The zero-order chi connectivity index (χ0) is 35.2. The molecule has 4 aliphatic rings. The maximum Gasteiger partial charge on any atom is 0.262 e. The number of halogens is 1. The molecule has 8 amide bonds. The zero-order valence-corrected chi connectivity index (χ0v) is 27.3. The van der Waals surface area contributed by atoms with E-state index in [0.29, 0.717) is 11.1 Å². The number of amides is 8. The second-order valence-electron chi connectivity index (χ2n) is 12.7. The minimum Gasteiger partial charge on any atom is -0.295 e. The molecule has 2 fully saturated rings. The molecule has 13 heteroatoms. The molecule has 0 bridgehead atoms. The predicted octanol–water partition coefficient (Wildman–Crippen LogP) is 4.00. The maximum atomic E-state index is 13.2. The normalized spacial score (nSPS) is 20.2. The Balaban J connectivity index is 0.000000204. The van der Waals surface area contributed by atoms with E-state index in [2.05, 4.69) is 17.6 Å². The maximum absolute atomic E-state index is 13.2. The fourth-order valence-electron chi connectivity index (χ4n) is 6.58. The van der Waals surface area contributed by atoms with Crippen LogP contribution < -0.4 is 10.6 Å². The third-order valence-corrected chi connectivity index (χ3v) is 9.22. The van der Waals surface area contributed by atoms with Crippen molar-refractivity contribution in [3.8, 4) is 0 Å². The van der Waals surface area contributed by atoms with Crippen molar-refractivity contribution >= 4 is 47.3 Å². The monoisotopic (exact) mass is 674 g/mol. The molecule has 2 aromatic carbocycles. The van der Waals surface area contributed by atoms with Crippen molar-refractivity contribution in [3.05, 3.63) is 70.0 Å². The first-order valence-electron chi connectivity index (χ1n) is 16.9. The van der Waals surface area contributed by atoms with Gasteiger partial charge in [0, 0.05) is 12.8 Å². The number of fused-ring (bicyclic) bond motifs is 2. The lowest BCUT2D eigenvalue weighted by molar-refractivity contribution is -0.137. The van der Waals surface area contributed by atoms with E-state index in [0.717, 1.165) is 40.3 Å². The summed E-state index contributed by atoms with van der Waals surface area (Å²) in [6.07, 6.45) is 11.3. The standard InChI is InChI=1S/C23H30N2O4.C13H9FN2O4/c1-2-3-4-5-6-7-8-9-10-16-11-12-17-18(15-16)23(29)25(22(17)28)19-13-14-20(26)24-21(19)27;14-6-1-2-7-8(5-6)13(20)16(12(7)19)9-3-4-10(17)15-11(9)18/h11-12,15,19H,2-10,13-14H2,1H3,(H,24,26,27);1-2,5,9H,3-4H2,(H,15,17,18). The topological polar surface area (TPSA) is 167 Å². The number of carbonyl (C=O) groups excluding carboxylic acids is 8. The van der Waals surface area contributed by atoms with Crippen molar-refractivity contribution in [2.45, 2.75) is 102 Å². The summed E-state index contributed by atoms with van der Waals surface area (Å²) in [5.41, 5.74) is 1.78. The third kappa shape index (κ3) is 7.65. The molecule has 12 nitrogen and oxygen atoms in total. The van der Waals surface area contributed by atoms with E-state index in [1.807, 2.05) is 6.07 Å². The Kier molecular flexibility index (Phi) is 11.1. The van der Waals surface area contributed by atoms with Crippen LogP contribution in [0.25, 0.3) is 0 Å². The average molecular weight is 675 g/mol. The first-order chi connectivity index (χ1) is 23.5. The number of unbranched alkanes of at least 4 members (excludes halogenated alkanes) is 7. The van der Waals surface area contributed by atoms with Gasteiger partial charge in [-0.05, 0) is 61.6 Å². The van der Waals surface area contributed by atoms with E-state index < -0.39 is 59.3 Å². The lowest BCUT2D eigenvalue weighted by Crippen LogP contribution is -2.54. The van der Waals surface area contributed by atoms with Gasteiger partial charge in [0.15, 0.2) is 0 Å². The molecule has 2 saturated heterocycles. The fraction of sp³-hybridized carbons (Fsp3) is 0.444. The highest BCUT2D eigenvalue weighted by molar-refractivity contribution is 6.24. The highest BCUT2D eigenvalue weighted by atomic mass is 19.1. The number of piperidine rings is 2. The lowest BCUT2D eigenvalue weighted by atomic mass is 10.0. The van der Waals surface area contributed by atoms with E-state index >= 15 is 0 Å². The number of nitrogens with zero attached hydrogens (tertiary/aromatic N) is 2. The molecule has 2 aromatic rings. The van der Waals surface area contributed by atoms with Gasteiger partial charge in [0.25, 0.3) is 23.6 Å². The van der Waals surface area contributed by atoms with Crippen molar-refractivity contribution in [3.63, 3.8) is 0 Å². The first-order valence-corrected chi connectivity index (χ1v) is 16.9. The van der Waals surface area contributed by atoms with Crippen molar-refractivity contribution in [1.29, 1.82) is 0 Å². The highest BCUT2D eigenvalue weighted by Crippen LogP contribution is 2.30. The molecule has 0 radical (unpaired) electrons. The highest BCUT2D eigenvalue weighted by Gasteiger charge is 2.46. The quantitative estimate of drug-likeness (QED) is 0.267. The van der Waals surface area contributed by atoms with Gasteiger partial charge in [-0.15, -0.1) is 0 Å². The van der Waals surface area contributed by atoms with Gasteiger partial charge in [-0.3, -0.25) is 58.8 Å². The largest absolute Gasteiger partial charge is 0.295 e. The molecule has 0 aliphatic carbocycles. The van der Waals surface area contributed by atoms with Crippen LogP contribution in [0.3, 0.4) is 0 Å². The average Bonchev–Trinajstić information content (AvgIpc) is 3.46. The summed E-state index contributed by atoms with van der Waals surface area (Å²) in [5.74, 6) is -4.92. The smallest absolute Gasteiger partial charge is 0.262 e. The van der Waals surface area contributed by atoms with Crippen molar-refractivity contribution in [2.75, 3.05) is 0 Å². The molecule has 0 aromatic heterocycles. The van der Waals surface area contributed by atoms with Gasteiger partial charge in [-0.1, -0.05) is 57.9 Å². The summed E-state index contributed by atoms with van der Waals surface area (Å²) in [6.45, 7) is 2.22. The van der Waals surface area contributed by atoms with Gasteiger partial charge in [0.1, 0.15) is 17.9 Å². The van der Waals surface area contributed by atoms with Crippen molar-refractivity contribution < 1.29 is 42.7 Å². The number of benzene rings is 2. The predicted molar refractivity (Wildman–Crippen MR) is 172 cm³/mol. The van der Waals surface area contributed by atoms with Crippen molar-refractivity contribution in [2.24, 2.45) is 0 Å². The van der Waals surface area contributed by atoms with Crippen LogP contribution in [0.4, 0.5) is 4.39 Å². The van der Waals surface area contributed by atoms with Crippen LogP contribution in [0.5, 0.6) is 0 Å². The summed E-state index contributed by atoms with van der Waals surface area (Å²) in [5, 5.41) is 4.30. The van der Waals surface area contributed by atoms with E-state index in [-0.39, 0.29) is 42.7 Å². The number of hydrogen-bond acceptors (Lipinski definition) is 8. The molecule has 258 valence electrons. The SMILES string of the molecule is CCCCCCCCCCc1ccc2c(c1)C(=O)N(C1CCC(=O)NC1=O)C2=O.O=C1CCC(N2C(=O)c3ccc(F)cc3C2=O)C(=O)N1. The number of aryl methyl sites for hydroxylation is 1. The van der Waals surface area contributed by atoms with Crippen LogP contribution in [0.15, 0.2) is 36.4 Å². The van der Waals surface area contributed by atoms with E-state index in [1.54, 1.807) is 12.1 Å². The molecule has 4 aliphatic heterocycles. The lowest BCUT2D eigenvalue weighted by Gasteiger charge is -2.27. The molecule has 4 heterocycles. The molecular formula is C36H39FN4O8. The molecule has 2 unspecified atom stereocenters. The second kappa shape index (κ2) is 15.4. The van der Waals surface area contributed by atoms with Gasteiger partial charge in [-0.2, -0.15) is 0 Å². The van der Waals surface area contributed by atoms with E-state index in [1.165, 1.54) is 51.0 Å². The Morgan fingerprint density at radius 1 is 0.592 bits per heavy atom. The van der Waals surface area contributed by atoms with Crippen LogP contribution in [0.1, 0.15) is 131 Å². The van der Waals surface area contributed by atoms with Crippen LogP contribution in [0, 0.1) is 5.82 Å². The molecule has 2 atom stereocenters. The Bertz CT molecular complexity index is 1720. The van der Waals surface area contributed by atoms with Crippen LogP contribution in [-0.2, 0) is 25.6 Å². The van der Waals surface area contributed by atoms with Gasteiger partial charge < -0.3 is 0 Å².